The van der Waals surface area contributed by atoms with Crippen LogP contribution in [0.15, 0.2) is 81.5 Å². The quantitative estimate of drug-likeness (QED) is 0.597. The van der Waals surface area contributed by atoms with Gasteiger partial charge in [-0.2, -0.15) is 0 Å². The van der Waals surface area contributed by atoms with Crippen LogP contribution in [0.1, 0.15) is 36.5 Å². The fraction of sp³-hybridized carbons (Fsp3) is 0.130. The molecule has 28 heavy (non-hydrogen) atoms. The lowest BCUT2D eigenvalue weighted by atomic mass is 10.00. The Morgan fingerprint density at radius 3 is 2.61 bits per heavy atom. The van der Waals surface area contributed by atoms with Crippen LogP contribution < -0.4 is 5.63 Å². The van der Waals surface area contributed by atoms with Gasteiger partial charge < -0.3 is 4.42 Å². The zero-order valence-electron chi connectivity index (χ0n) is 15.8. The number of benzene rings is 2. The summed E-state index contributed by atoms with van der Waals surface area (Å²) in [5, 5.41) is 0.423. The van der Waals surface area contributed by atoms with Crippen LogP contribution in [0.25, 0.3) is 16.5 Å². The fourth-order valence-electron chi connectivity index (χ4n) is 2.78. The van der Waals surface area contributed by atoms with E-state index < -0.39 is 5.63 Å². The molecule has 5 heteroatoms. The zero-order valence-corrected chi connectivity index (χ0v) is 15.8. The van der Waals surface area contributed by atoms with Crippen LogP contribution in [-0.4, -0.2) is 16.5 Å². The molecule has 0 spiro atoms. The molecule has 2 aromatic carbocycles. The molecule has 3 aromatic rings. The highest BCUT2D eigenvalue weighted by Gasteiger charge is 2.18. The smallest absolute Gasteiger partial charge is 0.347 e. The number of carbonyl (C=O) groups excluding carboxylic acids is 1. The van der Waals surface area contributed by atoms with Gasteiger partial charge in [0.05, 0.1) is 23.0 Å². The minimum atomic E-state index is -0.459. The number of hydrogen-bond donors (Lipinski definition) is 0. The molecule has 1 aliphatic rings. The Bertz CT molecular complexity index is 1170. The number of aromatic nitrogens is 1. The Kier molecular flexibility index (Phi) is 5.75. The number of fused-ring (bicyclic) bond motifs is 2. The van der Waals surface area contributed by atoms with Crippen molar-refractivity contribution in [2.45, 2.75) is 20.3 Å². The summed E-state index contributed by atoms with van der Waals surface area (Å²) in [6, 6.07) is 14.2. The topological polar surface area (TPSA) is 72.5 Å². The number of Topliss-reactive ketones (excluding diaryl/α,β-unsaturated/α-hetero) is 1. The number of nitrogens with zero attached hydrogens (tertiary/aromatic N) is 2. The van der Waals surface area contributed by atoms with E-state index in [4.69, 9.17) is 4.42 Å². The summed E-state index contributed by atoms with van der Waals surface area (Å²) >= 11 is 0. The van der Waals surface area contributed by atoms with E-state index in [1.54, 1.807) is 48.6 Å². The molecule has 0 radical (unpaired) electrons. The number of carbonyl (C=O) groups is 1. The van der Waals surface area contributed by atoms with E-state index in [1.807, 2.05) is 26.0 Å². The van der Waals surface area contributed by atoms with Gasteiger partial charge in [-0.05, 0) is 36.4 Å². The van der Waals surface area contributed by atoms with Crippen molar-refractivity contribution in [3.63, 3.8) is 0 Å². The summed E-state index contributed by atoms with van der Waals surface area (Å²) in [5.41, 5.74) is 2.43. The molecule has 2 heterocycles. The predicted molar refractivity (Wildman–Crippen MR) is 112 cm³/mol. The van der Waals surface area contributed by atoms with Crippen LogP contribution >= 0.6 is 0 Å². The summed E-state index contributed by atoms with van der Waals surface area (Å²) in [5.74, 6) is 0.171. The number of allylic oxidation sites excluding steroid dienone is 3. The van der Waals surface area contributed by atoms with Crippen LogP contribution in [-0.2, 0) is 0 Å². The second kappa shape index (κ2) is 8.39. The summed E-state index contributed by atoms with van der Waals surface area (Å²) < 4.78 is 5.25. The van der Waals surface area contributed by atoms with Gasteiger partial charge in [0.2, 0.25) is 5.89 Å². The molecule has 0 saturated carbocycles. The lowest BCUT2D eigenvalue weighted by Crippen LogP contribution is -2.11. The van der Waals surface area contributed by atoms with Crippen molar-refractivity contribution in [1.82, 2.24) is 4.98 Å². The van der Waals surface area contributed by atoms with Crippen molar-refractivity contribution in [2.24, 2.45) is 4.99 Å². The van der Waals surface area contributed by atoms with Gasteiger partial charge in [-0.3, -0.25) is 9.79 Å². The maximum absolute atomic E-state index is 12.2. The molecule has 0 saturated heterocycles. The molecular formula is C23H20N2O3. The lowest BCUT2D eigenvalue weighted by Gasteiger charge is -2.11. The predicted octanol–water partition coefficient (Wildman–Crippen LogP) is 5.14. The lowest BCUT2D eigenvalue weighted by molar-refractivity contribution is 0.1000. The van der Waals surface area contributed by atoms with Crippen molar-refractivity contribution in [1.29, 1.82) is 0 Å². The summed E-state index contributed by atoms with van der Waals surface area (Å²) in [4.78, 5) is 33.1. The fourth-order valence-corrected chi connectivity index (χ4v) is 2.78. The third-order valence-corrected chi connectivity index (χ3v) is 4.10. The average molecular weight is 372 g/mol. The molecule has 1 aromatic heterocycles. The largest absolute Gasteiger partial charge is 0.403 e. The number of rotatable bonds is 3. The molecule has 0 unspecified atom stereocenters. The maximum atomic E-state index is 12.2. The Morgan fingerprint density at radius 1 is 1.07 bits per heavy atom. The molecule has 0 bridgehead atoms. The van der Waals surface area contributed by atoms with E-state index in [-0.39, 0.29) is 18.1 Å². The van der Waals surface area contributed by atoms with E-state index in [0.717, 1.165) is 0 Å². The molecule has 0 atom stereocenters. The molecule has 140 valence electrons. The third-order valence-electron chi connectivity index (χ3n) is 4.10. The molecule has 4 rings (SSSR count). The van der Waals surface area contributed by atoms with Crippen LogP contribution in [0.4, 0.5) is 5.69 Å². The van der Waals surface area contributed by atoms with Gasteiger partial charge in [-0.1, -0.05) is 44.7 Å². The van der Waals surface area contributed by atoms with Crippen molar-refractivity contribution in [2.75, 3.05) is 0 Å². The highest BCUT2D eigenvalue weighted by molar-refractivity contribution is 6.19. The highest BCUT2D eigenvalue weighted by Crippen LogP contribution is 2.26. The summed E-state index contributed by atoms with van der Waals surface area (Å²) in [6.45, 7) is 7.90. The molecule has 0 N–H and O–H groups in total. The molecule has 5 nitrogen and oxygen atoms in total. The van der Waals surface area contributed by atoms with E-state index in [0.29, 0.717) is 33.4 Å². The van der Waals surface area contributed by atoms with Gasteiger partial charge in [0.1, 0.15) is 0 Å². The molecule has 0 fully saturated rings. The first-order valence-corrected chi connectivity index (χ1v) is 9.09. The second-order valence-corrected chi connectivity index (χ2v) is 5.90. The van der Waals surface area contributed by atoms with Gasteiger partial charge in [0, 0.05) is 16.8 Å². The normalized spacial score (nSPS) is 12.9. The SMILES string of the molecule is C=C(/C=C/C1=Nc2ccccc2C(=O)C1)c1nc2ccccc2c(=O)o1.CC. The first-order chi connectivity index (χ1) is 13.6. The molecule has 1 aliphatic heterocycles. The Balaban J connectivity index is 0.00000109. The number of aliphatic imine (C=N–C) groups is 1. The van der Waals surface area contributed by atoms with Crippen molar-refractivity contribution < 1.29 is 9.21 Å². The van der Waals surface area contributed by atoms with Gasteiger partial charge in [-0.15, -0.1) is 0 Å². The van der Waals surface area contributed by atoms with Gasteiger partial charge in [-0.25, -0.2) is 9.78 Å². The average Bonchev–Trinajstić information content (AvgIpc) is 2.73. The minimum Gasteiger partial charge on any atom is -0.403 e. The van der Waals surface area contributed by atoms with E-state index >= 15 is 0 Å². The van der Waals surface area contributed by atoms with E-state index in [1.165, 1.54) is 0 Å². The second-order valence-electron chi connectivity index (χ2n) is 5.90. The van der Waals surface area contributed by atoms with E-state index in [9.17, 15) is 9.59 Å². The standard InChI is InChI=1S/C21H14N2O3.C2H6/c1-13(20-23-18-9-5-3-7-16(18)21(25)26-20)10-11-14-12-19(24)15-6-2-4-8-17(15)22-14;1-2/h2-11H,1,12H2;1-2H3/b11-10+;. The monoisotopic (exact) mass is 372 g/mol. The third kappa shape index (κ3) is 3.88. The number of para-hydroxylation sites is 2. The van der Waals surface area contributed by atoms with Crippen LogP contribution in [0, 0.1) is 0 Å². The summed E-state index contributed by atoms with van der Waals surface area (Å²) in [7, 11) is 0. The first kappa shape index (κ1) is 19.2. The first-order valence-electron chi connectivity index (χ1n) is 9.09. The summed E-state index contributed by atoms with van der Waals surface area (Å²) in [6.07, 6.45) is 3.57. The Morgan fingerprint density at radius 2 is 1.79 bits per heavy atom. The number of hydrogen-bond acceptors (Lipinski definition) is 5. The van der Waals surface area contributed by atoms with Gasteiger partial charge in [0.25, 0.3) is 0 Å². The molecular weight excluding hydrogens is 352 g/mol. The molecule has 0 aliphatic carbocycles. The van der Waals surface area contributed by atoms with Crippen LogP contribution in [0.5, 0.6) is 0 Å². The van der Waals surface area contributed by atoms with Crippen LogP contribution in [0.2, 0.25) is 0 Å². The van der Waals surface area contributed by atoms with Crippen molar-refractivity contribution in [3.8, 4) is 0 Å². The Hall–Kier alpha value is -3.60. The zero-order chi connectivity index (χ0) is 20.1. The molecule has 0 amide bonds. The Labute approximate surface area is 162 Å². The highest BCUT2D eigenvalue weighted by atomic mass is 16.4. The van der Waals surface area contributed by atoms with E-state index in [2.05, 4.69) is 16.6 Å². The van der Waals surface area contributed by atoms with Crippen molar-refractivity contribution >= 4 is 33.7 Å². The maximum Gasteiger partial charge on any atom is 0.347 e. The van der Waals surface area contributed by atoms with Crippen molar-refractivity contribution in [3.05, 3.63) is 89.1 Å². The van der Waals surface area contributed by atoms with Crippen LogP contribution in [0.3, 0.4) is 0 Å². The number of ketones is 1. The van der Waals surface area contributed by atoms with Gasteiger partial charge in [0.15, 0.2) is 5.78 Å². The minimum absolute atomic E-state index is 0.0243. The van der Waals surface area contributed by atoms with Gasteiger partial charge >= 0.3 is 5.63 Å².